The van der Waals surface area contributed by atoms with Crippen LogP contribution in [0.15, 0.2) is 22.7 Å². The summed E-state index contributed by atoms with van der Waals surface area (Å²) in [6, 6.07) is 6.33. The molecule has 1 saturated carbocycles. The smallest absolute Gasteiger partial charge is 0.122 e. The lowest BCUT2D eigenvalue weighted by molar-refractivity contribution is 0.120. The molecule has 0 spiro atoms. The Labute approximate surface area is 137 Å². The zero-order chi connectivity index (χ0) is 14.6. The summed E-state index contributed by atoms with van der Waals surface area (Å²) in [4.78, 5) is 0. The molecule has 1 aliphatic carbocycles. The van der Waals surface area contributed by atoms with E-state index in [-0.39, 0.29) is 5.41 Å². The highest BCUT2D eigenvalue weighted by atomic mass is 79.9. The molecule has 0 N–H and O–H groups in total. The average Bonchev–Trinajstić information content (AvgIpc) is 2.47. The molecule has 1 aliphatic rings. The van der Waals surface area contributed by atoms with E-state index in [1.54, 1.807) is 0 Å². The van der Waals surface area contributed by atoms with Crippen LogP contribution in [0.4, 0.5) is 0 Å². The Balaban J connectivity index is 2.09. The van der Waals surface area contributed by atoms with Crippen molar-refractivity contribution >= 4 is 28.6 Å². The van der Waals surface area contributed by atoms with Crippen molar-refractivity contribution in [2.24, 2.45) is 5.41 Å². The number of hydrogen-bond donors (Lipinski definition) is 1. The van der Waals surface area contributed by atoms with Crippen molar-refractivity contribution in [1.82, 2.24) is 0 Å². The van der Waals surface area contributed by atoms with Gasteiger partial charge in [0.2, 0.25) is 0 Å². The molecule has 0 amide bonds. The van der Waals surface area contributed by atoms with Gasteiger partial charge in [-0.1, -0.05) is 49.0 Å². The Bertz CT molecular complexity index is 439. The van der Waals surface area contributed by atoms with Gasteiger partial charge in [0.1, 0.15) is 5.75 Å². The highest BCUT2D eigenvalue weighted by Gasteiger charge is 2.31. The summed E-state index contributed by atoms with van der Waals surface area (Å²) >= 11 is 8.14. The molecular formula is C17H25BrOS. The fourth-order valence-corrected chi connectivity index (χ4v) is 3.77. The van der Waals surface area contributed by atoms with Crippen molar-refractivity contribution in [3.8, 4) is 5.75 Å². The first-order chi connectivity index (χ1) is 9.56. The van der Waals surface area contributed by atoms with Crippen molar-refractivity contribution in [2.75, 3.05) is 12.4 Å². The quantitative estimate of drug-likeness (QED) is 0.652. The van der Waals surface area contributed by atoms with Crippen molar-refractivity contribution < 1.29 is 4.74 Å². The number of hydrogen-bond acceptors (Lipinski definition) is 2. The summed E-state index contributed by atoms with van der Waals surface area (Å²) in [5.41, 5.74) is 1.56. The van der Waals surface area contributed by atoms with Crippen LogP contribution >= 0.6 is 28.6 Å². The summed E-state index contributed by atoms with van der Waals surface area (Å²) < 4.78 is 7.34. The number of benzene rings is 1. The van der Waals surface area contributed by atoms with Crippen LogP contribution in [0.5, 0.6) is 5.75 Å². The first-order valence-corrected chi connectivity index (χ1v) is 9.02. The minimum Gasteiger partial charge on any atom is -0.493 e. The molecule has 0 unspecified atom stereocenters. The fraction of sp³-hybridized carbons (Fsp3) is 0.647. The maximum absolute atomic E-state index is 6.22. The first-order valence-electron chi connectivity index (χ1n) is 7.59. The van der Waals surface area contributed by atoms with Crippen LogP contribution in [0, 0.1) is 5.41 Å². The molecule has 112 valence electrons. The van der Waals surface area contributed by atoms with E-state index < -0.39 is 0 Å². The number of thiol groups is 1. The largest absolute Gasteiger partial charge is 0.493 e. The van der Waals surface area contributed by atoms with Gasteiger partial charge < -0.3 is 4.74 Å². The van der Waals surface area contributed by atoms with Crippen LogP contribution < -0.4 is 4.74 Å². The first kappa shape index (κ1) is 16.2. The third-order valence-electron chi connectivity index (χ3n) is 4.38. The zero-order valence-corrected chi connectivity index (χ0v) is 15.0. The molecule has 3 heteroatoms. The third kappa shape index (κ3) is 3.94. The van der Waals surface area contributed by atoms with Gasteiger partial charge in [0.15, 0.2) is 0 Å². The number of ether oxygens (including phenoxy) is 1. The number of rotatable bonds is 5. The van der Waals surface area contributed by atoms with Crippen molar-refractivity contribution in [2.45, 2.75) is 51.9 Å². The Morgan fingerprint density at radius 1 is 1.25 bits per heavy atom. The van der Waals surface area contributed by atoms with Gasteiger partial charge in [-0.3, -0.25) is 0 Å². The predicted molar refractivity (Wildman–Crippen MR) is 93.1 cm³/mol. The Morgan fingerprint density at radius 3 is 2.55 bits per heavy atom. The summed E-state index contributed by atoms with van der Waals surface area (Å²) in [6.45, 7) is 5.23. The van der Waals surface area contributed by atoms with Gasteiger partial charge in [-0.05, 0) is 48.3 Å². The molecule has 0 heterocycles. The van der Waals surface area contributed by atoms with Gasteiger partial charge in [-0.15, -0.1) is 0 Å². The summed E-state index contributed by atoms with van der Waals surface area (Å²) in [6.07, 6.45) is 6.52. The second kappa shape index (κ2) is 7.22. The van der Waals surface area contributed by atoms with Crippen molar-refractivity contribution in [1.29, 1.82) is 0 Å². The SMILES string of the molecule is CC(C)c1cc(Br)ccc1OCC1(CS)CCCCC1. The highest BCUT2D eigenvalue weighted by molar-refractivity contribution is 9.10. The molecule has 1 fully saturated rings. The minimum absolute atomic E-state index is 0.280. The third-order valence-corrected chi connectivity index (χ3v) is 5.54. The molecule has 0 aliphatic heterocycles. The molecule has 0 bridgehead atoms. The van der Waals surface area contributed by atoms with Crippen LogP contribution in [-0.2, 0) is 0 Å². The van der Waals surface area contributed by atoms with E-state index in [4.69, 9.17) is 4.74 Å². The summed E-state index contributed by atoms with van der Waals surface area (Å²) in [7, 11) is 0. The summed E-state index contributed by atoms with van der Waals surface area (Å²) in [5, 5.41) is 0. The summed E-state index contributed by atoms with van der Waals surface area (Å²) in [5.74, 6) is 2.44. The van der Waals surface area contributed by atoms with Crippen LogP contribution in [0.1, 0.15) is 57.4 Å². The molecule has 1 nitrogen and oxygen atoms in total. The van der Waals surface area contributed by atoms with Crippen LogP contribution in [0.25, 0.3) is 0 Å². The molecular weight excluding hydrogens is 332 g/mol. The van der Waals surface area contributed by atoms with Gasteiger partial charge >= 0.3 is 0 Å². The minimum atomic E-state index is 0.280. The van der Waals surface area contributed by atoms with Crippen molar-refractivity contribution in [3.63, 3.8) is 0 Å². The Kier molecular flexibility index (Phi) is 5.85. The molecule has 1 aromatic carbocycles. The zero-order valence-electron chi connectivity index (χ0n) is 12.5. The lowest BCUT2D eigenvalue weighted by Gasteiger charge is -2.36. The van der Waals surface area contributed by atoms with Crippen molar-refractivity contribution in [3.05, 3.63) is 28.2 Å². The Hall–Kier alpha value is -0.150. The molecule has 1 aromatic rings. The van der Waals surface area contributed by atoms with Gasteiger partial charge in [-0.2, -0.15) is 12.6 Å². The van der Waals surface area contributed by atoms with E-state index in [0.717, 1.165) is 22.6 Å². The maximum Gasteiger partial charge on any atom is 0.122 e. The van der Waals surface area contributed by atoms with Crippen LogP contribution in [-0.4, -0.2) is 12.4 Å². The molecule has 0 atom stereocenters. The van der Waals surface area contributed by atoms with E-state index in [2.05, 4.69) is 60.6 Å². The standard InChI is InChI=1S/C17H25BrOS/c1-13(2)15-10-14(18)6-7-16(15)19-11-17(12-20)8-4-3-5-9-17/h6-7,10,13,20H,3-5,8-9,11-12H2,1-2H3. The fourth-order valence-electron chi connectivity index (χ4n) is 2.98. The maximum atomic E-state index is 6.22. The lowest BCUT2D eigenvalue weighted by atomic mass is 9.76. The second-order valence-electron chi connectivity index (χ2n) is 6.34. The van der Waals surface area contributed by atoms with Gasteiger partial charge in [-0.25, -0.2) is 0 Å². The topological polar surface area (TPSA) is 9.23 Å². The number of halogens is 1. The van der Waals surface area contributed by atoms with E-state index in [1.807, 2.05) is 0 Å². The van der Waals surface area contributed by atoms with E-state index in [9.17, 15) is 0 Å². The second-order valence-corrected chi connectivity index (χ2v) is 7.58. The van der Waals surface area contributed by atoms with E-state index in [1.165, 1.54) is 37.7 Å². The molecule has 20 heavy (non-hydrogen) atoms. The highest BCUT2D eigenvalue weighted by Crippen LogP contribution is 2.39. The van der Waals surface area contributed by atoms with Gasteiger partial charge in [0.05, 0.1) is 6.61 Å². The van der Waals surface area contributed by atoms with E-state index >= 15 is 0 Å². The monoisotopic (exact) mass is 356 g/mol. The molecule has 0 radical (unpaired) electrons. The van der Waals surface area contributed by atoms with Gasteiger partial charge in [0, 0.05) is 9.89 Å². The average molecular weight is 357 g/mol. The molecule has 0 aromatic heterocycles. The molecule has 0 saturated heterocycles. The normalized spacial score (nSPS) is 18.2. The van der Waals surface area contributed by atoms with E-state index in [0.29, 0.717) is 5.92 Å². The lowest BCUT2D eigenvalue weighted by Crippen LogP contribution is -2.33. The molecule has 2 rings (SSSR count). The predicted octanol–water partition coefficient (Wildman–Crippen LogP) is 5.83. The Morgan fingerprint density at radius 2 is 1.95 bits per heavy atom. The van der Waals surface area contributed by atoms with Crippen LogP contribution in [0.3, 0.4) is 0 Å². The van der Waals surface area contributed by atoms with Crippen LogP contribution in [0.2, 0.25) is 0 Å². The van der Waals surface area contributed by atoms with Gasteiger partial charge in [0.25, 0.3) is 0 Å².